The molecule has 1 aliphatic heterocycles. The highest BCUT2D eigenvalue weighted by molar-refractivity contribution is 5.98. The second-order valence-electron chi connectivity index (χ2n) is 12.1. The summed E-state index contributed by atoms with van der Waals surface area (Å²) in [5.74, 6) is -0.786. The average molecular weight is 591 g/mol. The Bertz CT molecular complexity index is 1360. The van der Waals surface area contributed by atoms with Crippen molar-refractivity contribution in [1.82, 2.24) is 10.2 Å². The topological polar surface area (TPSA) is 113 Å². The molecule has 0 radical (unpaired) electrons. The van der Waals surface area contributed by atoms with E-state index in [2.05, 4.69) is 5.32 Å². The number of nitrogens with one attached hydrogen (secondary N) is 1. The minimum Gasteiger partial charge on any atom is -0.461 e. The van der Waals surface area contributed by atoms with Gasteiger partial charge in [-0.1, -0.05) is 56.7 Å². The number of rotatable bonds is 13. The minimum atomic E-state index is -0.580. The Balaban J connectivity index is 1.59. The van der Waals surface area contributed by atoms with E-state index in [0.29, 0.717) is 17.5 Å². The molecule has 43 heavy (non-hydrogen) atoms. The van der Waals surface area contributed by atoms with Crippen LogP contribution in [0.1, 0.15) is 85.6 Å². The normalized spacial score (nSPS) is 16.1. The zero-order chi connectivity index (χ0) is 31.8. The standard InChI is InChI=1S/C35H46N2O6/c1-8-30(21(2)3)34(41)36-25(7)32(39)16-26-9-11-27(12-10-26)20-43-33(40)17-28-14-23(5)24(6)15-31(28)35(42)37-18-22(4)13-29(37)19-38/h9-12,14-15,18,21,25,29-30,38H,8,13,16-17,19-20H2,1-7H3,(H,36,41)/t25-,29-,30-/m0/s1. The first-order valence-electron chi connectivity index (χ1n) is 15.1. The van der Waals surface area contributed by atoms with Crippen LogP contribution in [0.15, 0.2) is 48.2 Å². The molecular weight excluding hydrogens is 544 g/mol. The van der Waals surface area contributed by atoms with Crippen LogP contribution in [0, 0.1) is 25.7 Å². The summed E-state index contributed by atoms with van der Waals surface area (Å²) in [7, 11) is 0. The number of hydrogen-bond donors (Lipinski definition) is 2. The Kier molecular flexibility index (Phi) is 11.8. The number of nitrogens with zero attached hydrogens (tertiary/aromatic N) is 1. The number of amides is 2. The first-order valence-corrected chi connectivity index (χ1v) is 15.1. The third kappa shape index (κ3) is 8.86. The maximum absolute atomic E-state index is 13.5. The van der Waals surface area contributed by atoms with E-state index in [9.17, 15) is 24.3 Å². The largest absolute Gasteiger partial charge is 0.461 e. The molecule has 2 amide bonds. The molecule has 2 N–H and O–H groups in total. The van der Waals surface area contributed by atoms with Gasteiger partial charge in [-0.15, -0.1) is 0 Å². The van der Waals surface area contributed by atoms with Crippen LogP contribution >= 0.6 is 0 Å². The second kappa shape index (κ2) is 15.1. The molecule has 2 aromatic rings. The van der Waals surface area contributed by atoms with E-state index >= 15 is 0 Å². The third-order valence-electron chi connectivity index (χ3n) is 8.26. The number of ether oxygens (including phenoxy) is 1. The van der Waals surface area contributed by atoms with Gasteiger partial charge >= 0.3 is 5.97 Å². The summed E-state index contributed by atoms with van der Waals surface area (Å²) in [6.45, 7) is 13.4. The van der Waals surface area contributed by atoms with Crippen molar-refractivity contribution >= 4 is 23.6 Å². The number of Topliss-reactive ketones (excluding diaryl/α,β-unsaturated/α-hetero) is 1. The van der Waals surface area contributed by atoms with Crippen molar-refractivity contribution in [3.8, 4) is 0 Å². The van der Waals surface area contributed by atoms with Crippen molar-refractivity contribution < 1.29 is 29.0 Å². The zero-order valence-electron chi connectivity index (χ0n) is 26.5. The van der Waals surface area contributed by atoms with Gasteiger partial charge in [0.25, 0.3) is 5.91 Å². The summed E-state index contributed by atoms with van der Waals surface area (Å²) in [6, 6.07) is 10.0. The highest BCUT2D eigenvalue weighted by atomic mass is 16.5. The minimum absolute atomic E-state index is 0.0574. The molecule has 2 aromatic carbocycles. The monoisotopic (exact) mass is 590 g/mol. The van der Waals surface area contributed by atoms with E-state index < -0.39 is 12.0 Å². The summed E-state index contributed by atoms with van der Waals surface area (Å²) in [5.41, 5.74) is 5.52. The first kappa shape index (κ1) is 33.7. The fourth-order valence-electron chi connectivity index (χ4n) is 5.44. The molecule has 1 heterocycles. The molecular formula is C35H46N2O6. The van der Waals surface area contributed by atoms with Crippen molar-refractivity contribution in [3.63, 3.8) is 0 Å². The Morgan fingerprint density at radius 3 is 2.21 bits per heavy atom. The lowest BCUT2D eigenvalue weighted by molar-refractivity contribution is -0.144. The number of carbonyl (C=O) groups is 4. The highest BCUT2D eigenvalue weighted by Gasteiger charge is 2.30. The molecule has 0 spiro atoms. The van der Waals surface area contributed by atoms with Crippen LogP contribution < -0.4 is 5.32 Å². The van der Waals surface area contributed by atoms with Crippen LogP contribution in [0.5, 0.6) is 0 Å². The zero-order valence-corrected chi connectivity index (χ0v) is 26.5. The van der Waals surface area contributed by atoms with Gasteiger partial charge in [0.1, 0.15) is 6.61 Å². The van der Waals surface area contributed by atoms with E-state index in [1.807, 2.05) is 71.9 Å². The van der Waals surface area contributed by atoms with Crippen molar-refractivity contribution in [2.45, 2.75) is 92.8 Å². The van der Waals surface area contributed by atoms with Crippen LogP contribution in [0.2, 0.25) is 0 Å². The van der Waals surface area contributed by atoms with Crippen molar-refractivity contribution in [2.75, 3.05) is 6.61 Å². The summed E-state index contributed by atoms with van der Waals surface area (Å²) in [6.07, 6.45) is 3.23. The number of ketones is 1. The van der Waals surface area contributed by atoms with E-state index in [1.165, 1.54) is 0 Å². The number of aliphatic hydroxyl groups excluding tert-OH is 1. The molecule has 8 heteroatoms. The maximum atomic E-state index is 13.5. The maximum Gasteiger partial charge on any atom is 0.310 e. The van der Waals surface area contributed by atoms with Gasteiger partial charge in [-0.05, 0) is 80.3 Å². The van der Waals surface area contributed by atoms with Crippen LogP contribution in [-0.4, -0.2) is 52.3 Å². The van der Waals surface area contributed by atoms with Crippen LogP contribution in [0.4, 0.5) is 0 Å². The summed E-state index contributed by atoms with van der Waals surface area (Å²) in [5, 5.41) is 12.6. The predicted molar refractivity (Wildman–Crippen MR) is 166 cm³/mol. The highest BCUT2D eigenvalue weighted by Crippen LogP contribution is 2.26. The van der Waals surface area contributed by atoms with E-state index in [-0.39, 0.29) is 61.5 Å². The van der Waals surface area contributed by atoms with Gasteiger partial charge in [-0.2, -0.15) is 0 Å². The molecule has 3 atom stereocenters. The Morgan fingerprint density at radius 2 is 1.60 bits per heavy atom. The van der Waals surface area contributed by atoms with Crippen molar-refractivity contribution in [2.24, 2.45) is 11.8 Å². The molecule has 0 fully saturated rings. The molecule has 8 nitrogen and oxygen atoms in total. The molecule has 0 aromatic heterocycles. The molecule has 0 aliphatic carbocycles. The van der Waals surface area contributed by atoms with Gasteiger partial charge in [-0.3, -0.25) is 19.2 Å². The van der Waals surface area contributed by atoms with Gasteiger partial charge < -0.3 is 20.1 Å². The summed E-state index contributed by atoms with van der Waals surface area (Å²) in [4.78, 5) is 53.1. The lowest BCUT2D eigenvalue weighted by atomic mass is 9.92. The number of carbonyl (C=O) groups excluding carboxylic acids is 4. The van der Waals surface area contributed by atoms with Gasteiger partial charge in [0.15, 0.2) is 5.78 Å². The van der Waals surface area contributed by atoms with E-state index in [4.69, 9.17) is 4.74 Å². The number of hydrogen-bond acceptors (Lipinski definition) is 6. The predicted octanol–water partition coefficient (Wildman–Crippen LogP) is 5.00. The van der Waals surface area contributed by atoms with E-state index in [0.717, 1.165) is 34.2 Å². The molecule has 232 valence electrons. The second-order valence-corrected chi connectivity index (χ2v) is 12.1. The summed E-state index contributed by atoms with van der Waals surface area (Å²) >= 11 is 0. The van der Waals surface area contributed by atoms with Gasteiger partial charge in [0.05, 0.1) is 25.1 Å². The van der Waals surface area contributed by atoms with Gasteiger partial charge in [0, 0.05) is 24.1 Å². The number of benzene rings is 2. The Hall–Kier alpha value is -3.78. The van der Waals surface area contributed by atoms with E-state index in [1.54, 1.807) is 24.1 Å². The van der Waals surface area contributed by atoms with Crippen LogP contribution in [0.25, 0.3) is 0 Å². The Morgan fingerprint density at radius 1 is 0.977 bits per heavy atom. The quantitative estimate of drug-likeness (QED) is 0.318. The first-order chi connectivity index (χ1) is 20.3. The van der Waals surface area contributed by atoms with Crippen molar-refractivity contribution in [3.05, 3.63) is 81.6 Å². The lowest BCUT2D eigenvalue weighted by Gasteiger charge is -2.23. The number of esters is 1. The molecule has 3 rings (SSSR count). The number of aliphatic hydroxyl groups is 1. The lowest BCUT2D eigenvalue weighted by Crippen LogP contribution is -2.43. The summed E-state index contributed by atoms with van der Waals surface area (Å²) < 4.78 is 5.55. The molecule has 0 bridgehead atoms. The smallest absolute Gasteiger partial charge is 0.310 e. The molecule has 0 saturated heterocycles. The van der Waals surface area contributed by atoms with Gasteiger partial charge in [-0.25, -0.2) is 0 Å². The number of aryl methyl sites for hydroxylation is 2. The average Bonchev–Trinajstić information content (AvgIpc) is 3.34. The fraction of sp³-hybridized carbons (Fsp3) is 0.486. The fourth-order valence-corrected chi connectivity index (χ4v) is 5.44. The van der Waals surface area contributed by atoms with Crippen LogP contribution in [0.3, 0.4) is 0 Å². The molecule has 0 unspecified atom stereocenters. The van der Waals surface area contributed by atoms with Gasteiger partial charge in [0.2, 0.25) is 5.91 Å². The SMILES string of the molecule is CC[C@H](C(=O)N[C@@H](C)C(=O)Cc1ccc(COC(=O)Cc2cc(C)c(C)cc2C(=O)N2C=C(C)C[C@H]2CO)cc1)C(C)C. The molecule has 1 aliphatic rings. The third-order valence-corrected chi connectivity index (χ3v) is 8.26. The van der Waals surface area contributed by atoms with Crippen molar-refractivity contribution in [1.29, 1.82) is 0 Å². The van der Waals surface area contributed by atoms with Crippen LogP contribution in [-0.2, 0) is 38.6 Å². The Labute approximate surface area is 255 Å². The molecule has 0 saturated carbocycles.